The van der Waals surface area contributed by atoms with Crippen LogP contribution in [-0.4, -0.2) is 20.7 Å². The molecule has 0 aliphatic carbocycles. The first-order chi connectivity index (χ1) is 13.1. The van der Waals surface area contributed by atoms with Crippen LogP contribution in [0.1, 0.15) is 24.1 Å². The smallest absolute Gasteiger partial charge is 0.338 e. The van der Waals surface area contributed by atoms with E-state index >= 15 is 0 Å². The number of benzene rings is 2. The Bertz CT molecular complexity index is 996. The van der Waals surface area contributed by atoms with Crippen LogP contribution < -0.4 is 5.32 Å². The van der Waals surface area contributed by atoms with Crippen molar-refractivity contribution in [3.63, 3.8) is 0 Å². The molecule has 0 saturated heterocycles. The highest BCUT2D eigenvalue weighted by Gasteiger charge is 2.34. The van der Waals surface area contributed by atoms with Crippen LogP contribution in [-0.2, 0) is 16.1 Å². The van der Waals surface area contributed by atoms with E-state index in [0.29, 0.717) is 17.2 Å². The van der Waals surface area contributed by atoms with Crippen LogP contribution in [0.15, 0.2) is 72.2 Å². The molecule has 0 amide bonds. The number of halogens is 1. The van der Waals surface area contributed by atoms with E-state index in [4.69, 9.17) is 4.74 Å². The van der Waals surface area contributed by atoms with E-state index in [9.17, 15) is 9.18 Å². The molecule has 2 heterocycles. The topological polar surface area (TPSA) is 69.0 Å². The zero-order chi connectivity index (χ0) is 18.8. The van der Waals surface area contributed by atoms with E-state index in [1.807, 2.05) is 30.3 Å². The van der Waals surface area contributed by atoms with Gasteiger partial charge in [-0.2, -0.15) is 10.1 Å². The molecule has 1 atom stereocenters. The van der Waals surface area contributed by atoms with E-state index in [1.165, 1.54) is 18.5 Å². The third kappa shape index (κ3) is 3.31. The molecular formula is C20H17FN4O2. The Balaban J connectivity index is 1.67. The Kier molecular flexibility index (Phi) is 4.42. The fraction of sp³-hybridized carbons (Fsp3) is 0.150. The second kappa shape index (κ2) is 7.03. The minimum absolute atomic E-state index is 0.163. The number of allylic oxidation sites excluding steroid dienone is 1. The molecule has 0 radical (unpaired) electrons. The number of hydrogen-bond donors (Lipinski definition) is 1. The predicted octanol–water partition coefficient (Wildman–Crippen LogP) is 3.45. The van der Waals surface area contributed by atoms with Crippen LogP contribution >= 0.6 is 0 Å². The van der Waals surface area contributed by atoms with E-state index in [0.717, 1.165) is 11.1 Å². The normalized spacial score (nSPS) is 15.9. The lowest BCUT2D eigenvalue weighted by Crippen LogP contribution is -2.29. The van der Waals surface area contributed by atoms with Gasteiger partial charge in [-0.25, -0.2) is 13.9 Å². The molecule has 4 rings (SSSR count). The maximum absolute atomic E-state index is 13.4. The Hall–Kier alpha value is -3.48. The van der Waals surface area contributed by atoms with E-state index in [2.05, 4.69) is 15.4 Å². The predicted molar refractivity (Wildman–Crippen MR) is 97.1 cm³/mol. The fourth-order valence-electron chi connectivity index (χ4n) is 3.11. The maximum Gasteiger partial charge on any atom is 0.338 e. The van der Waals surface area contributed by atoms with Gasteiger partial charge in [-0.1, -0.05) is 42.5 Å². The van der Waals surface area contributed by atoms with Crippen molar-refractivity contribution in [3.8, 4) is 0 Å². The largest absolute Gasteiger partial charge is 0.457 e. The Morgan fingerprint density at radius 1 is 1.19 bits per heavy atom. The fourth-order valence-corrected chi connectivity index (χ4v) is 3.11. The molecule has 0 bridgehead atoms. The molecule has 27 heavy (non-hydrogen) atoms. The number of nitrogens with one attached hydrogen (secondary N) is 1. The van der Waals surface area contributed by atoms with Gasteiger partial charge in [0.1, 0.15) is 24.8 Å². The Labute approximate surface area is 155 Å². The molecule has 3 aromatic rings. The number of ether oxygens (including phenoxy) is 1. The lowest BCUT2D eigenvalue weighted by molar-refractivity contribution is -0.140. The first kappa shape index (κ1) is 17.0. The van der Waals surface area contributed by atoms with Crippen molar-refractivity contribution in [2.75, 3.05) is 5.32 Å². The van der Waals surface area contributed by atoms with E-state index in [1.54, 1.807) is 23.7 Å². The van der Waals surface area contributed by atoms with Gasteiger partial charge in [0, 0.05) is 5.70 Å². The van der Waals surface area contributed by atoms with Crippen LogP contribution in [0.25, 0.3) is 0 Å². The van der Waals surface area contributed by atoms with Crippen molar-refractivity contribution >= 4 is 11.9 Å². The molecule has 0 spiro atoms. The molecular weight excluding hydrogens is 347 g/mol. The zero-order valence-electron chi connectivity index (χ0n) is 14.6. The summed E-state index contributed by atoms with van der Waals surface area (Å²) in [4.78, 5) is 17.1. The highest BCUT2D eigenvalue weighted by molar-refractivity contribution is 5.92. The summed E-state index contributed by atoms with van der Waals surface area (Å²) in [6.07, 6.45) is 1.41. The SMILES string of the molecule is CC1=C(C(=O)OCc2ccccc2)[C@H](c2ccc(F)cc2)n2ncnc2N1. The molecule has 7 heteroatoms. The maximum atomic E-state index is 13.4. The van der Waals surface area contributed by atoms with E-state index in [-0.39, 0.29) is 12.4 Å². The quantitative estimate of drug-likeness (QED) is 0.718. The first-order valence-electron chi connectivity index (χ1n) is 8.47. The number of hydrogen-bond acceptors (Lipinski definition) is 5. The van der Waals surface area contributed by atoms with Crippen molar-refractivity contribution < 1.29 is 13.9 Å². The van der Waals surface area contributed by atoms with Crippen LogP contribution in [0.3, 0.4) is 0 Å². The number of carbonyl (C=O) groups is 1. The van der Waals surface area contributed by atoms with Gasteiger partial charge < -0.3 is 10.1 Å². The molecule has 0 unspecified atom stereocenters. The molecule has 0 fully saturated rings. The standard InChI is InChI=1S/C20H17FN4O2/c1-13-17(19(26)27-11-14-5-3-2-4-6-14)18(15-7-9-16(21)10-8-15)25-20(24-13)22-12-23-25/h2-10,12,18H,11H2,1H3,(H,22,23,24)/t18-/m0/s1. The van der Waals surface area contributed by atoms with Gasteiger partial charge in [0.05, 0.1) is 5.57 Å². The molecule has 6 nitrogen and oxygen atoms in total. The third-order valence-corrected chi connectivity index (χ3v) is 4.41. The zero-order valence-corrected chi connectivity index (χ0v) is 14.6. The van der Waals surface area contributed by atoms with Gasteiger partial charge in [-0.15, -0.1) is 0 Å². The van der Waals surface area contributed by atoms with Crippen LogP contribution in [0.5, 0.6) is 0 Å². The summed E-state index contributed by atoms with van der Waals surface area (Å²) in [7, 11) is 0. The summed E-state index contributed by atoms with van der Waals surface area (Å²) in [5.74, 6) is -0.291. The number of nitrogens with zero attached hydrogens (tertiary/aromatic N) is 3. The number of carbonyl (C=O) groups excluding carboxylic acids is 1. The average molecular weight is 364 g/mol. The molecule has 1 N–H and O–H groups in total. The summed E-state index contributed by atoms with van der Waals surface area (Å²) in [5, 5.41) is 7.30. The summed E-state index contributed by atoms with van der Waals surface area (Å²) in [6.45, 7) is 1.95. The van der Waals surface area contributed by atoms with Gasteiger partial charge in [0.2, 0.25) is 5.95 Å². The van der Waals surface area contributed by atoms with Crippen molar-refractivity contribution in [1.82, 2.24) is 14.8 Å². The molecule has 1 aliphatic heterocycles. The average Bonchev–Trinajstić information content (AvgIpc) is 3.14. The van der Waals surface area contributed by atoms with Gasteiger partial charge in [0.15, 0.2) is 0 Å². The highest BCUT2D eigenvalue weighted by Crippen LogP contribution is 2.35. The highest BCUT2D eigenvalue weighted by atomic mass is 19.1. The van der Waals surface area contributed by atoms with Gasteiger partial charge in [-0.3, -0.25) is 0 Å². The molecule has 1 aromatic heterocycles. The van der Waals surface area contributed by atoms with Gasteiger partial charge in [-0.05, 0) is 30.2 Å². The van der Waals surface area contributed by atoms with Gasteiger partial charge in [0.25, 0.3) is 0 Å². The molecule has 1 aliphatic rings. The second-order valence-electron chi connectivity index (χ2n) is 6.21. The minimum atomic E-state index is -0.548. The molecule has 136 valence electrons. The number of esters is 1. The number of anilines is 1. The third-order valence-electron chi connectivity index (χ3n) is 4.41. The number of rotatable bonds is 4. The summed E-state index contributed by atoms with van der Waals surface area (Å²) in [6, 6.07) is 14.9. The summed E-state index contributed by atoms with van der Waals surface area (Å²) >= 11 is 0. The van der Waals surface area contributed by atoms with Crippen molar-refractivity contribution in [2.45, 2.75) is 19.6 Å². The van der Waals surface area contributed by atoms with Crippen LogP contribution in [0, 0.1) is 5.82 Å². The first-order valence-corrected chi connectivity index (χ1v) is 8.47. The van der Waals surface area contributed by atoms with Crippen molar-refractivity contribution in [3.05, 3.63) is 89.1 Å². The number of aromatic nitrogens is 3. The molecule has 0 saturated carbocycles. The Morgan fingerprint density at radius 2 is 1.93 bits per heavy atom. The summed E-state index contributed by atoms with van der Waals surface area (Å²) in [5.41, 5.74) is 2.65. The molecule has 2 aromatic carbocycles. The minimum Gasteiger partial charge on any atom is -0.457 e. The lowest BCUT2D eigenvalue weighted by Gasteiger charge is -2.28. The van der Waals surface area contributed by atoms with Crippen molar-refractivity contribution in [2.24, 2.45) is 0 Å². The van der Waals surface area contributed by atoms with Crippen LogP contribution in [0.2, 0.25) is 0 Å². The summed E-state index contributed by atoms with van der Waals surface area (Å²) < 4.78 is 20.5. The monoisotopic (exact) mass is 364 g/mol. The van der Waals surface area contributed by atoms with Crippen LogP contribution in [0.4, 0.5) is 10.3 Å². The van der Waals surface area contributed by atoms with Gasteiger partial charge >= 0.3 is 5.97 Å². The lowest BCUT2D eigenvalue weighted by atomic mass is 9.96. The van der Waals surface area contributed by atoms with Crippen molar-refractivity contribution in [1.29, 1.82) is 0 Å². The second-order valence-corrected chi connectivity index (χ2v) is 6.21. The Morgan fingerprint density at radius 3 is 2.67 bits per heavy atom. The van der Waals surface area contributed by atoms with E-state index < -0.39 is 12.0 Å². The number of fused-ring (bicyclic) bond motifs is 1.